The van der Waals surface area contributed by atoms with Gasteiger partial charge in [0, 0.05) is 12.0 Å². The number of allylic oxidation sites excluding steroid dienone is 1. The van der Waals surface area contributed by atoms with Crippen molar-refractivity contribution in [3.8, 4) is 0 Å². The van der Waals surface area contributed by atoms with Gasteiger partial charge in [-0.15, -0.1) is 0 Å². The van der Waals surface area contributed by atoms with Gasteiger partial charge in [0.15, 0.2) is 16.6 Å². The monoisotopic (exact) mass is 372 g/mol. The Morgan fingerprint density at radius 1 is 0.958 bits per heavy atom. The van der Waals surface area contributed by atoms with Gasteiger partial charge in [-0.2, -0.15) is 0 Å². The van der Waals surface area contributed by atoms with Crippen molar-refractivity contribution < 1.29 is 8.85 Å². The molecular weight excluding hydrogens is 328 g/mol. The van der Waals surface area contributed by atoms with Gasteiger partial charge in [0.05, 0.1) is 6.10 Å². The van der Waals surface area contributed by atoms with Crippen molar-refractivity contribution in [2.24, 2.45) is 11.8 Å². The first kappa shape index (κ1) is 24.1. The lowest BCUT2D eigenvalue weighted by Crippen LogP contribution is -2.49. The van der Waals surface area contributed by atoms with Crippen LogP contribution in [-0.4, -0.2) is 28.8 Å². The van der Waals surface area contributed by atoms with E-state index in [1.54, 1.807) is 0 Å². The van der Waals surface area contributed by atoms with Crippen LogP contribution in [0.4, 0.5) is 0 Å². The van der Waals surface area contributed by atoms with Gasteiger partial charge in [-0.1, -0.05) is 53.7 Å². The second kappa shape index (κ2) is 9.15. The smallest absolute Gasteiger partial charge is 0.192 e. The minimum Gasteiger partial charge on any atom is -0.414 e. The van der Waals surface area contributed by atoms with Crippen LogP contribution < -0.4 is 0 Å². The van der Waals surface area contributed by atoms with Crippen LogP contribution >= 0.6 is 0 Å². The van der Waals surface area contributed by atoms with Gasteiger partial charge in [-0.25, -0.2) is 0 Å². The zero-order chi connectivity index (χ0) is 19.3. The average Bonchev–Trinajstić information content (AvgIpc) is 2.39. The van der Waals surface area contributed by atoms with E-state index in [-0.39, 0.29) is 17.2 Å². The van der Waals surface area contributed by atoms with Crippen LogP contribution in [0.1, 0.15) is 54.9 Å². The van der Waals surface area contributed by atoms with E-state index in [9.17, 15) is 0 Å². The van der Waals surface area contributed by atoms with E-state index in [4.69, 9.17) is 8.85 Å². The highest BCUT2D eigenvalue weighted by atomic mass is 28.4. The lowest BCUT2D eigenvalue weighted by Gasteiger charge is -2.43. The highest BCUT2D eigenvalue weighted by Crippen LogP contribution is 2.39. The predicted molar refractivity (Wildman–Crippen MR) is 114 cm³/mol. The SMILES string of the molecule is C/C=C/[C@@H](C)[C@H](O[Si](C)(C)C)[C@H](C)[C@H](CC)O[Si](C)(C)C(C)(C)C. The molecule has 0 spiro atoms. The van der Waals surface area contributed by atoms with Gasteiger partial charge in [0.25, 0.3) is 0 Å². The summed E-state index contributed by atoms with van der Waals surface area (Å²) in [6, 6.07) is 0. The molecule has 2 nitrogen and oxygen atoms in total. The van der Waals surface area contributed by atoms with Crippen molar-refractivity contribution in [1.29, 1.82) is 0 Å². The molecule has 0 aliphatic carbocycles. The van der Waals surface area contributed by atoms with Crippen LogP contribution in [0.15, 0.2) is 12.2 Å². The summed E-state index contributed by atoms with van der Waals surface area (Å²) in [6.45, 7) is 27.4. The third-order valence-electron chi connectivity index (χ3n) is 5.26. The van der Waals surface area contributed by atoms with Crippen molar-refractivity contribution in [2.45, 2.75) is 105 Å². The molecule has 0 unspecified atom stereocenters. The van der Waals surface area contributed by atoms with E-state index >= 15 is 0 Å². The van der Waals surface area contributed by atoms with Crippen LogP contribution in [0, 0.1) is 11.8 Å². The Balaban J connectivity index is 5.44. The fourth-order valence-electron chi connectivity index (χ4n) is 2.84. The van der Waals surface area contributed by atoms with Gasteiger partial charge in [0.1, 0.15) is 0 Å². The van der Waals surface area contributed by atoms with E-state index in [0.29, 0.717) is 11.8 Å². The van der Waals surface area contributed by atoms with E-state index in [1.165, 1.54) is 0 Å². The zero-order valence-corrected chi connectivity index (χ0v) is 20.5. The highest BCUT2D eigenvalue weighted by Gasteiger charge is 2.41. The lowest BCUT2D eigenvalue weighted by molar-refractivity contribution is 0.0189. The molecule has 4 heteroatoms. The molecular formula is C20H44O2Si2. The normalized spacial score (nSPS) is 19.3. The number of hydrogen-bond acceptors (Lipinski definition) is 2. The highest BCUT2D eigenvalue weighted by molar-refractivity contribution is 6.74. The van der Waals surface area contributed by atoms with Gasteiger partial charge >= 0.3 is 0 Å². The van der Waals surface area contributed by atoms with Crippen molar-refractivity contribution in [3.05, 3.63) is 12.2 Å². The first-order chi connectivity index (χ1) is 10.7. The van der Waals surface area contributed by atoms with Gasteiger partial charge in [-0.3, -0.25) is 0 Å². The topological polar surface area (TPSA) is 18.5 Å². The molecule has 0 saturated carbocycles. The summed E-state index contributed by atoms with van der Waals surface area (Å²) in [5.41, 5.74) is 0. The molecule has 0 rings (SSSR count). The number of hydrogen-bond donors (Lipinski definition) is 0. The molecule has 0 radical (unpaired) electrons. The summed E-state index contributed by atoms with van der Waals surface area (Å²) < 4.78 is 13.4. The average molecular weight is 373 g/mol. The molecule has 0 aromatic carbocycles. The molecule has 0 amide bonds. The van der Waals surface area contributed by atoms with Gasteiger partial charge < -0.3 is 8.85 Å². The summed E-state index contributed by atoms with van der Waals surface area (Å²) >= 11 is 0. The Morgan fingerprint density at radius 3 is 1.79 bits per heavy atom. The van der Waals surface area contributed by atoms with Crippen LogP contribution in [0.5, 0.6) is 0 Å². The minimum atomic E-state index is -1.77. The standard InChI is InChI=1S/C20H44O2Si2/c1-13-15-16(3)19(22-23(8,9)10)17(4)18(14-2)21-24(11,12)20(5,6)7/h13,15-19H,14H2,1-12H3/b15-13+/t16-,17-,18+,19+/m1/s1. The fraction of sp³-hybridized carbons (Fsp3) is 0.900. The van der Waals surface area contributed by atoms with Gasteiger partial charge in [0.2, 0.25) is 0 Å². The van der Waals surface area contributed by atoms with Gasteiger partial charge in [-0.05, 0) is 57.0 Å². The summed E-state index contributed by atoms with van der Waals surface area (Å²) in [6.07, 6.45) is 5.96. The molecule has 144 valence electrons. The van der Waals surface area contributed by atoms with Crippen molar-refractivity contribution in [2.75, 3.05) is 0 Å². The zero-order valence-electron chi connectivity index (χ0n) is 18.5. The minimum absolute atomic E-state index is 0.225. The van der Waals surface area contributed by atoms with Crippen molar-refractivity contribution >= 4 is 16.6 Å². The van der Waals surface area contributed by atoms with Crippen molar-refractivity contribution in [3.63, 3.8) is 0 Å². The van der Waals surface area contributed by atoms with Crippen LogP contribution in [-0.2, 0) is 8.85 Å². The Hall–Kier alpha value is 0.0938. The summed E-state index contributed by atoms with van der Waals surface area (Å²) in [4.78, 5) is 0. The maximum absolute atomic E-state index is 6.79. The summed E-state index contributed by atoms with van der Waals surface area (Å²) in [5.74, 6) is 0.802. The molecule has 0 heterocycles. The van der Waals surface area contributed by atoms with Crippen LogP contribution in [0.25, 0.3) is 0 Å². The molecule has 4 atom stereocenters. The Bertz CT molecular complexity index is 391. The maximum Gasteiger partial charge on any atom is 0.192 e. The number of rotatable bonds is 9. The first-order valence-corrected chi connectivity index (χ1v) is 16.0. The fourth-order valence-corrected chi connectivity index (χ4v) is 5.58. The third-order valence-corrected chi connectivity index (χ3v) is 10.7. The van der Waals surface area contributed by atoms with E-state index in [0.717, 1.165) is 6.42 Å². The second-order valence-corrected chi connectivity index (χ2v) is 19.0. The Kier molecular flexibility index (Phi) is 9.19. The molecule has 0 bridgehead atoms. The lowest BCUT2D eigenvalue weighted by atomic mass is 9.88. The Morgan fingerprint density at radius 2 is 1.46 bits per heavy atom. The molecule has 0 aromatic heterocycles. The molecule has 0 aliphatic heterocycles. The summed E-state index contributed by atoms with van der Waals surface area (Å²) in [5, 5.41) is 0.240. The molecule has 0 N–H and O–H groups in total. The maximum atomic E-state index is 6.79. The Labute approximate surface area is 154 Å². The molecule has 0 aliphatic rings. The molecule has 0 fully saturated rings. The van der Waals surface area contributed by atoms with E-state index in [1.807, 2.05) is 0 Å². The van der Waals surface area contributed by atoms with Crippen LogP contribution in [0.3, 0.4) is 0 Å². The van der Waals surface area contributed by atoms with E-state index < -0.39 is 16.6 Å². The third kappa shape index (κ3) is 7.55. The van der Waals surface area contributed by atoms with Crippen molar-refractivity contribution in [1.82, 2.24) is 0 Å². The largest absolute Gasteiger partial charge is 0.414 e. The second-order valence-electron chi connectivity index (χ2n) is 9.76. The predicted octanol–water partition coefficient (Wildman–Crippen LogP) is 6.86. The quantitative estimate of drug-likeness (QED) is 0.325. The molecule has 24 heavy (non-hydrogen) atoms. The molecule has 0 saturated heterocycles. The van der Waals surface area contributed by atoms with E-state index in [2.05, 4.69) is 93.4 Å². The van der Waals surface area contributed by atoms with Crippen LogP contribution in [0.2, 0.25) is 37.8 Å². The first-order valence-electron chi connectivity index (χ1n) is 9.64. The summed E-state index contributed by atoms with van der Waals surface area (Å²) in [7, 11) is -3.38. The molecule has 0 aromatic rings.